The minimum absolute atomic E-state index is 0.616. The summed E-state index contributed by atoms with van der Waals surface area (Å²) in [5, 5.41) is 24.9. The molecule has 1 rings (SSSR count). The molecule has 1 heterocycles. The monoisotopic (exact) mass is 248 g/mol. The predicted molar refractivity (Wildman–Crippen MR) is 44.7 cm³/mol. The van der Waals surface area contributed by atoms with Crippen LogP contribution < -0.4 is 14.2 Å². The van der Waals surface area contributed by atoms with Gasteiger partial charge in [-0.25, -0.2) is 14.4 Å². The lowest BCUT2D eigenvalue weighted by molar-refractivity contribution is 0.121. The van der Waals surface area contributed by atoms with Crippen molar-refractivity contribution in [2.24, 2.45) is 0 Å². The maximum atomic E-state index is 10.3. The maximum Gasteiger partial charge on any atom is 0.513 e. The highest BCUT2D eigenvalue weighted by atomic mass is 16.7. The van der Waals surface area contributed by atoms with Gasteiger partial charge in [-0.15, -0.1) is 0 Å². The highest BCUT2D eigenvalue weighted by Crippen LogP contribution is 2.40. The van der Waals surface area contributed by atoms with E-state index in [9.17, 15) is 14.4 Å². The molecule has 0 fully saturated rings. The van der Waals surface area contributed by atoms with E-state index in [1.807, 2.05) is 0 Å². The van der Waals surface area contributed by atoms with Gasteiger partial charge in [-0.1, -0.05) is 0 Å². The topological polar surface area (TPSA) is 153 Å². The van der Waals surface area contributed by atoms with Crippen LogP contribution in [0.15, 0.2) is 10.7 Å². The van der Waals surface area contributed by atoms with E-state index in [1.54, 1.807) is 0 Å². The lowest BCUT2D eigenvalue weighted by Crippen LogP contribution is -2.09. The van der Waals surface area contributed by atoms with Crippen molar-refractivity contribution in [3.05, 3.63) is 6.26 Å². The summed E-state index contributed by atoms with van der Waals surface area (Å²) in [6.45, 7) is 0. The first-order valence-corrected chi connectivity index (χ1v) is 3.74. The number of carboxylic acid groups (broad SMARTS) is 3. The minimum atomic E-state index is -1.84. The zero-order chi connectivity index (χ0) is 13.0. The van der Waals surface area contributed by atoms with Gasteiger partial charge in [-0.2, -0.15) is 0 Å². The Hall–Kier alpha value is -2.91. The van der Waals surface area contributed by atoms with E-state index in [0.717, 1.165) is 0 Å². The second-order valence-electron chi connectivity index (χ2n) is 2.32. The van der Waals surface area contributed by atoms with Crippen molar-refractivity contribution in [1.82, 2.24) is 0 Å². The standard InChI is InChI=1S/C7H4O10/c8-5(9)15-2-1-14-4(17-7(12)13)3(2)16-6(10)11/h1H,(H,8,9)(H,10,11)(H,12,13). The lowest BCUT2D eigenvalue weighted by Gasteiger charge is -2.01. The van der Waals surface area contributed by atoms with Crippen LogP contribution in [0.4, 0.5) is 14.4 Å². The smallest absolute Gasteiger partial charge is 0.449 e. The van der Waals surface area contributed by atoms with Gasteiger partial charge in [0.1, 0.15) is 6.26 Å². The zero-order valence-corrected chi connectivity index (χ0v) is 7.78. The first-order chi connectivity index (χ1) is 7.90. The van der Waals surface area contributed by atoms with Gasteiger partial charge in [0, 0.05) is 0 Å². The van der Waals surface area contributed by atoms with E-state index >= 15 is 0 Å². The van der Waals surface area contributed by atoms with Crippen molar-refractivity contribution in [1.29, 1.82) is 0 Å². The summed E-state index contributed by atoms with van der Waals surface area (Å²) < 4.78 is 16.6. The van der Waals surface area contributed by atoms with E-state index in [-0.39, 0.29) is 0 Å². The van der Waals surface area contributed by atoms with Crippen LogP contribution in [0.1, 0.15) is 0 Å². The van der Waals surface area contributed by atoms with Crippen molar-refractivity contribution in [2.75, 3.05) is 0 Å². The molecule has 3 N–H and O–H groups in total. The third-order valence-electron chi connectivity index (χ3n) is 1.25. The van der Waals surface area contributed by atoms with E-state index in [1.165, 1.54) is 0 Å². The second kappa shape index (κ2) is 4.74. The molecule has 0 unspecified atom stereocenters. The van der Waals surface area contributed by atoms with Crippen LogP contribution in [0.2, 0.25) is 0 Å². The Kier molecular flexibility index (Phi) is 3.39. The molecule has 10 nitrogen and oxygen atoms in total. The SMILES string of the molecule is O=C(O)Oc1coc(OC(=O)O)c1OC(=O)O. The normalized spacial score (nSPS) is 9.41. The van der Waals surface area contributed by atoms with Crippen LogP contribution in [0, 0.1) is 0 Å². The molecule has 92 valence electrons. The van der Waals surface area contributed by atoms with Crippen LogP contribution in [0.3, 0.4) is 0 Å². The number of carbonyl (C=O) groups is 3. The molecule has 1 aromatic heterocycles. The van der Waals surface area contributed by atoms with Crippen LogP contribution in [0.25, 0.3) is 0 Å². The van der Waals surface area contributed by atoms with Gasteiger partial charge >= 0.3 is 24.4 Å². The number of rotatable bonds is 3. The van der Waals surface area contributed by atoms with E-state index in [2.05, 4.69) is 18.6 Å². The molecule has 0 spiro atoms. The molecule has 0 aliphatic heterocycles. The van der Waals surface area contributed by atoms with Gasteiger partial charge in [0.15, 0.2) is 0 Å². The largest absolute Gasteiger partial charge is 0.513 e. The Balaban J connectivity index is 3.04. The molecule has 0 aromatic carbocycles. The summed E-state index contributed by atoms with van der Waals surface area (Å²) in [6, 6.07) is 0. The summed E-state index contributed by atoms with van der Waals surface area (Å²) in [7, 11) is 0. The average Bonchev–Trinajstić information content (AvgIpc) is 2.47. The number of hydrogen-bond donors (Lipinski definition) is 3. The molecule has 0 amide bonds. The van der Waals surface area contributed by atoms with Crippen molar-refractivity contribution >= 4 is 18.5 Å². The van der Waals surface area contributed by atoms with Gasteiger partial charge in [0.25, 0.3) is 5.75 Å². The third-order valence-corrected chi connectivity index (χ3v) is 1.25. The molecule has 0 bridgehead atoms. The fraction of sp³-hybridized carbons (Fsp3) is 0. The average molecular weight is 248 g/mol. The van der Waals surface area contributed by atoms with Gasteiger partial charge in [0.05, 0.1) is 0 Å². The summed E-state index contributed by atoms with van der Waals surface area (Å²) >= 11 is 0. The molecule has 10 heteroatoms. The molecule has 0 aliphatic carbocycles. The molecule has 0 saturated carbocycles. The third kappa shape index (κ3) is 3.30. The van der Waals surface area contributed by atoms with Crippen LogP contribution in [-0.4, -0.2) is 33.8 Å². The van der Waals surface area contributed by atoms with E-state index in [0.29, 0.717) is 6.26 Å². The quantitative estimate of drug-likeness (QED) is 0.669. The molecule has 0 atom stereocenters. The summed E-state index contributed by atoms with van der Waals surface area (Å²) in [5.41, 5.74) is 0. The fourth-order valence-corrected chi connectivity index (χ4v) is 0.808. The first-order valence-electron chi connectivity index (χ1n) is 3.74. The van der Waals surface area contributed by atoms with Crippen molar-refractivity contribution in [3.8, 4) is 17.4 Å². The number of ether oxygens (including phenoxy) is 3. The van der Waals surface area contributed by atoms with Crippen LogP contribution in [0.5, 0.6) is 17.4 Å². The van der Waals surface area contributed by atoms with Crippen LogP contribution in [-0.2, 0) is 0 Å². The molecular weight excluding hydrogens is 244 g/mol. The summed E-state index contributed by atoms with van der Waals surface area (Å²) in [6.07, 6.45) is -4.80. The Labute approximate surface area is 91.5 Å². The van der Waals surface area contributed by atoms with Crippen molar-refractivity contribution in [3.63, 3.8) is 0 Å². The number of furan rings is 1. The van der Waals surface area contributed by atoms with Gasteiger partial charge in [-0.05, 0) is 0 Å². The van der Waals surface area contributed by atoms with Gasteiger partial charge in [-0.3, -0.25) is 0 Å². The zero-order valence-electron chi connectivity index (χ0n) is 7.78. The van der Waals surface area contributed by atoms with E-state index in [4.69, 9.17) is 15.3 Å². The summed E-state index contributed by atoms with van der Waals surface area (Å²) in [5.74, 6) is -2.34. The molecule has 0 radical (unpaired) electrons. The molecule has 1 aromatic rings. The Bertz CT molecular complexity index is 424. The van der Waals surface area contributed by atoms with Gasteiger partial charge in [0.2, 0.25) is 5.75 Å². The summed E-state index contributed by atoms with van der Waals surface area (Å²) in [4.78, 5) is 30.7. The fourth-order valence-electron chi connectivity index (χ4n) is 0.808. The van der Waals surface area contributed by atoms with E-state index < -0.39 is 35.9 Å². The molecular formula is C7H4O10. The Morgan fingerprint density at radius 1 is 0.941 bits per heavy atom. The predicted octanol–water partition coefficient (Wildman–Crippen LogP) is 1.45. The van der Waals surface area contributed by atoms with Crippen molar-refractivity contribution < 1.29 is 48.3 Å². The lowest BCUT2D eigenvalue weighted by atomic mass is 10.5. The molecule has 0 aliphatic rings. The van der Waals surface area contributed by atoms with Crippen molar-refractivity contribution in [2.45, 2.75) is 0 Å². The molecule has 0 saturated heterocycles. The van der Waals surface area contributed by atoms with Crippen LogP contribution >= 0.6 is 0 Å². The molecule has 17 heavy (non-hydrogen) atoms. The Morgan fingerprint density at radius 3 is 1.94 bits per heavy atom. The highest BCUT2D eigenvalue weighted by molar-refractivity contribution is 5.70. The highest BCUT2D eigenvalue weighted by Gasteiger charge is 2.25. The first kappa shape index (κ1) is 12.2. The second-order valence-corrected chi connectivity index (χ2v) is 2.32. The van der Waals surface area contributed by atoms with Gasteiger partial charge < -0.3 is 33.9 Å². The number of hydrogen-bond acceptors (Lipinski definition) is 7. The minimum Gasteiger partial charge on any atom is -0.449 e. The maximum absolute atomic E-state index is 10.3. The Morgan fingerprint density at radius 2 is 1.47 bits per heavy atom.